The summed E-state index contributed by atoms with van der Waals surface area (Å²) in [7, 11) is 0. The minimum absolute atomic E-state index is 0.0807. The van der Waals surface area contributed by atoms with E-state index in [1.807, 2.05) is 44.2 Å². The zero-order valence-electron chi connectivity index (χ0n) is 13.2. The summed E-state index contributed by atoms with van der Waals surface area (Å²) < 4.78 is 5.32. The topological polar surface area (TPSA) is 58.6 Å². The van der Waals surface area contributed by atoms with Crippen molar-refractivity contribution in [2.45, 2.75) is 39.3 Å². The molecule has 5 nitrogen and oxygen atoms in total. The molecule has 1 aromatic carbocycles. The standard InChI is InChI=1S/C17H24N2O3/c1-13(2)11-18-16(20)15-9-6-10-19(15)17(21)22-12-14-7-4-3-5-8-14/h3-5,7-8,13,15H,6,9-12H2,1-2H3,(H,18,20). The lowest BCUT2D eigenvalue weighted by Gasteiger charge is -2.23. The number of nitrogens with zero attached hydrogens (tertiary/aromatic N) is 1. The molecular weight excluding hydrogens is 280 g/mol. The number of benzene rings is 1. The van der Waals surface area contributed by atoms with Gasteiger partial charge in [0.1, 0.15) is 12.6 Å². The first kappa shape index (κ1) is 16.3. The number of ether oxygens (including phenoxy) is 1. The van der Waals surface area contributed by atoms with E-state index in [2.05, 4.69) is 5.32 Å². The fourth-order valence-electron chi connectivity index (χ4n) is 2.48. The summed E-state index contributed by atoms with van der Waals surface area (Å²) >= 11 is 0. The maximum Gasteiger partial charge on any atom is 0.410 e. The number of carbonyl (C=O) groups excluding carboxylic acids is 2. The first-order valence-corrected chi connectivity index (χ1v) is 7.83. The van der Waals surface area contributed by atoms with Crippen LogP contribution in [-0.4, -0.2) is 36.0 Å². The Balaban J connectivity index is 1.86. The maximum absolute atomic E-state index is 12.2. The van der Waals surface area contributed by atoms with E-state index in [1.54, 1.807) is 4.90 Å². The Hall–Kier alpha value is -2.04. The van der Waals surface area contributed by atoms with Gasteiger partial charge in [0.15, 0.2) is 0 Å². The minimum Gasteiger partial charge on any atom is -0.445 e. The molecular formula is C17H24N2O3. The van der Waals surface area contributed by atoms with Gasteiger partial charge in [-0.1, -0.05) is 44.2 Å². The second kappa shape index (κ2) is 7.82. The second-order valence-corrected chi connectivity index (χ2v) is 6.03. The van der Waals surface area contributed by atoms with Gasteiger partial charge < -0.3 is 10.1 Å². The lowest BCUT2D eigenvalue weighted by molar-refractivity contribution is -0.125. The van der Waals surface area contributed by atoms with Crippen molar-refractivity contribution in [1.29, 1.82) is 0 Å². The van der Waals surface area contributed by atoms with Gasteiger partial charge in [0.25, 0.3) is 0 Å². The van der Waals surface area contributed by atoms with E-state index in [1.165, 1.54) is 0 Å². The fourth-order valence-corrected chi connectivity index (χ4v) is 2.48. The van der Waals surface area contributed by atoms with E-state index in [4.69, 9.17) is 4.74 Å². The normalized spacial score (nSPS) is 17.6. The van der Waals surface area contributed by atoms with Crippen molar-refractivity contribution in [2.75, 3.05) is 13.1 Å². The second-order valence-electron chi connectivity index (χ2n) is 6.03. The zero-order chi connectivity index (χ0) is 15.9. The van der Waals surface area contributed by atoms with E-state index in [0.717, 1.165) is 12.0 Å². The van der Waals surface area contributed by atoms with Gasteiger partial charge in [0.2, 0.25) is 5.91 Å². The largest absolute Gasteiger partial charge is 0.445 e. The summed E-state index contributed by atoms with van der Waals surface area (Å²) in [5.41, 5.74) is 0.941. The number of rotatable bonds is 5. The van der Waals surface area contributed by atoms with Gasteiger partial charge in [-0.05, 0) is 24.3 Å². The Bertz CT molecular complexity index is 502. The molecule has 1 atom stereocenters. The molecule has 0 bridgehead atoms. The van der Waals surface area contributed by atoms with Crippen molar-refractivity contribution in [3.05, 3.63) is 35.9 Å². The van der Waals surface area contributed by atoms with Gasteiger partial charge in [0, 0.05) is 13.1 Å². The maximum atomic E-state index is 12.2. The van der Waals surface area contributed by atoms with Gasteiger partial charge in [-0.2, -0.15) is 0 Å². The Morgan fingerprint density at radius 3 is 2.73 bits per heavy atom. The number of likely N-dealkylation sites (tertiary alicyclic amines) is 1. The van der Waals surface area contributed by atoms with Crippen LogP contribution < -0.4 is 5.32 Å². The molecule has 22 heavy (non-hydrogen) atoms. The molecule has 2 amide bonds. The highest BCUT2D eigenvalue weighted by molar-refractivity contribution is 5.86. The molecule has 0 aliphatic carbocycles. The zero-order valence-corrected chi connectivity index (χ0v) is 13.2. The molecule has 5 heteroatoms. The number of hydrogen-bond donors (Lipinski definition) is 1. The van der Waals surface area contributed by atoms with Crippen LogP contribution in [-0.2, 0) is 16.1 Å². The van der Waals surface area contributed by atoms with Crippen LogP contribution in [0.15, 0.2) is 30.3 Å². The number of amides is 2. The fraction of sp³-hybridized carbons (Fsp3) is 0.529. The molecule has 0 radical (unpaired) electrons. The molecule has 1 saturated heterocycles. The lowest BCUT2D eigenvalue weighted by Crippen LogP contribution is -2.46. The SMILES string of the molecule is CC(C)CNC(=O)C1CCCN1C(=O)OCc1ccccc1. The molecule has 1 fully saturated rings. The molecule has 1 aliphatic heterocycles. The lowest BCUT2D eigenvalue weighted by atomic mass is 10.2. The summed E-state index contributed by atoms with van der Waals surface area (Å²) in [6, 6.07) is 9.14. The predicted octanol–water partition coefficient (Wildman–Crippen LogP) is 2.56. The Kier molecular flexibility index (Phi) is 5.81. The van der Waals surface area contributed by atoms with Crippen molar-refractivity contribution in [3.63, 3.8) is 0 Å². The highest BCUT2D eigenvalue weighted by atomic mass is 16.6. The Morgan fingerprint density at radius 1 is 1.32 bits per heavy atom. The third-order valence-corrected chi connectivity index (χ3v) is 3.68. The summed E-state index contributed by atoms with van der Waals surface area (Å²) in [5.74, 6) is 0.312. The number of nitrogens with one attached hydrogen (secondary N) is 1. The highest BCUT2D eigenvalue weighted by Gasteiger charge is 2.34. The van der Waals surface area contributed by atoms with Crippen molar-refractivity contribution < 1.29 is 14.3 Å². The van der Waals surface area contributed by atoms with E-state index >= 15 is 0 Å². The van der Waals surface area contributed by atoms with Crippen LogP contribution in [0.5, 0.6) is 0 Å². The molecule has 1 N–H and O–H groups in total. The van der Waals surface area contributed by atoms with Crippen molar-refractivity contribution >= 4 is 12.0 Å². The van der Waals surface area contributed by atoms with Crippen LogP contribution in [0.2, 0.25) is 0 Å². The Morgan fingerprint density at radius 2 is 2.05 bits per heavy atom. The van der Waals surface area contributed by atoms with Crippen LogP contribution in [0, 0.1) is 5.92 Å². The molecule has 120 valence electrons. The molecule has 0 saturated carbocycles. The summed E-state index contributed by atoms with van der Waals surface area (Å²) in [6.07, 6.45) is 1.12. The van der Waals surface area contributed by atoms with Crippen molar-refractivity contribution in [1.82, 2.24) is 10.2 Å². The third kappa shape index (κ3) is 4.48. The third-order valence-electron chi connectivity index (χ3n) is 3.68. The van der Waals surface area contributed by atoms with Crippen LogP contribution in [0.4, 0.5) is 4.79 Å². The average molecular weight is 304 g/mol. The predicted molar refractivity (Wildman–Crippen MR) is 84.2 cm³/mol. The van der Waals surface area contributed by atoms with Crippen molar-refractivity contribution in [2.24, 2.45) is 5.92 Å². The molecule has 2 rings (SSSR count). The van der Waals surface area contributed by atoms with E-state index < -0.39 is 12.1 Å². The molecule has 1 unspecified atom stereocenters. The first-order valence-electron chi connectivity index (χ1n) is 7.83. The van der Waals surface area contributed by atoms with Gasteiger partial charge in [-0.25, -0.2) is 4.79 Å². The average Bonchev–Trinajstić information content (AvgIpc) is 3.01. The van der Waals surface area contributed by atoms with Gasteiger partial charge in [-0.15, -0.1) is 0 Å². The van der Waals surface area contributed by atoms with Crippen LogP contribution in [0.25, 0.3) is 0 Å². The summed E-state index contributed by atoms with van der Waals surface area (Å²) in [5, 5.41) is 2.89. The quantitative estimate of drug-likeness (QED) is 0.909. The minimum atomic E-state index is -0.411. The van der Waals surface area contributed by atoms with Gasteiger partial charge in [0.05, 0.1) is 0 Å². The van der Waals surface area contributed by atoms with Gasteiger partial charge in [-0.3, -0.25) is 9.69 Å². The summed E-state index contributed by atoms with van der Waals surface area (Å²) in [4.78, 5) is 25.9. The van der Waals surface area contributed by atoms with Gasteiger partial charge >= 0.3 is 6.09 Å². The molecule has 1 aliphatic rings. The van der Waals surface area contributed by atoms with Crippen LogP contribution in [0.3, 0.4) is 0 Å². The summed E-state index contributed by atoms with van der Waals surface area (Å²) in [6.45, 7) is 5.52. The molecule has 0 aromatic heterocycles. The smallest absolute Gasteiger partial charge is 0.410 e. The molecule has 1 heterocycles. The first-order chi connectivity index (χ1) is 10.6. The van der Waals surface area contributed by atoms with Crippen molar-refractivity contribution in [3.8, 4) is 0 Å². The molecule has 0 spiro atoms. The number of carbonyl (C=O) groups is 2. The van der Waals surface area contributed by atoms with Crippen LogP contribution in [0.1, 0.15) is 32.3 Å². The van der Waals surface area contributed by atoms with E-state index in [-0.39, 0.29) is 12.5 Å². The van der Waals surface area contributed by atoms with Crippen LogP contribution >= 0.6 is 0 Å². The van der Waals surface area contributed by atoms with E-state index in [0.29, 0.717) is 25.4 Å². The highest BCUT2D eigenvalue weighted by Crippen LogP contribution is 2.19. The van der Waals surface area contributed by atoms with E-state index in [9.17, 15) is 9.59 Å². The number of hydrogen-bond acceptors (Lipinski definition) is 3. The monoisotopic (exact) mass is 304 g/mol. The molecule has 1 aromatic rings. The Labute approximate surface area is 131 Å².